The highest BCUT2D eigenvalue weighted by Crippen LogP contribution is 2.34. The number of rotatable bonds is 10. The van der Waals surface area contributed by atoms with Crippen molar-refractivity contribution in [3.8, 4) is 28.6 Å². The van der Waals surface area contributed by atoms with Crippen molar-refractivity contribution >= 4 is 30.0 Å². The van der Waals surface area contributed by atoms with Crippen molar-refractivity contribution in [1.29, 1.82) is 0 Å². The number of hydrogen-bond acceptors (Lipinski definition) is 7. The number of allylic oxidation sites excluding steroid dienone is 1. The van der Waals surface area contributed by atoms with Gasteiger partial charge in [-0.25, -0.2) is 5.43 Å². The number of thioether (sulfide) groups is 1. The Morgan fingerprint density at radius 2 is 1.69 bits per heavy atom. The molecule has 0 aliphatic carbocycles. The lowest BCUT2D eigenvalue weighted by Crippen LogP contribution is -2.19. The largest absolute Gasteiger partial charge is 0.493 e. The molecule has 4 rings (SSSR count). The molecule has 0 bridgehead atoms. The summed E-state index contributed by atoms with van der Waals surface area (Å²) in [4.78, 5) is 12.4. The Morgan fingerprint density at radius 3 is 2.42 bits per heavy atom. The van der Waals surface area contributed by atoms with Gasteiger partial charge in [-0.05, 0) is 42.0 Å². The van der Waals surface area contributed by atoms with E-state index in [1.54, 1.807) is 20.3 Å². The zero-order valence-electron chi connectivity index (χ0n) is 19.9. The van der Waals surface area contributed by atoms with E-state index in [9.17, 15) is 4.79 Å². The molecule has 3 aromatic carbocycles. The summed E-state index contributed by atoms with van der Waals surface area (Å²) >= 11 is 1.27. The van der Waals surface area contributed by atoms with E-state index in [1.165, 1.54) is 18.0 Å². The smallest absolute Gasteiger partial charge is 0.250 e. The molecular formula is C27H25N5O3S. The maximum Gasteiger partial charge on any atom is 0.250 e. The van der Waals surface area contributed by atoms with Crippen LogP contribution in [0.5, 0.6) is 11.5 Å². The van der Waals surface area contributed by atoms with Crippen molar-refractivity contribution < 1.29 is 14.3 Å². The van der Waals surface area contributed by atoms with Crippen LogP contribution in [0.1, 0.15) is 5.56 Å². The molecule has 182 valence electrons. The Morgan fingerprint density at radius 1 is 0.972 bits per heavy atom. The molecule has 0 saturated carbocycles. The molecule has 0 radical (unpaired) electrons. The molecule has 0 saturated heterocycles. The van der Waals surface area contributed by atoms with Crippen LogP contribution < -0.4 is 14.9 Å². The predicted octanol–water partition coefficient (Wildman–Crippen LogP) is 4.86. The van der Waals surface area contributed by atoms with Crippen molar-refractivity contribution in [2.45, 2.75) is 5.16 Å². The number of amides is 1. The third-order valence-electron chi connectivity index (χ3n) is 5.06. The first-order valence-electron chi connectivity index (χ1n) is 11.1. The van der Waals surface area contributed by atoms with Crippen molar-refractivity contribution in [3.63, 3.8) is 0 Å². The van der Waals surface area contributed by atoms with Gasteiger partial charge in [-0.3, -0.25) is 9.36 Å². The van der Waals surface area contributed by atoms with E-state index in [1.807, 2.05) is 89.5 Å². The second kappa shape index (κ2) is 12.4. The number of aromatic nitrogens is 3. The highest BCUT2D eigenvalue weighted by molar-refractivity contribution is 7.99. The topological polar surface area (TPSA) is 90.6 Å². The first-order chi connectivity index (χ1) is 17.7. The Hall–Kier alpha value is -4.37. The van der Waals surface area contributed by atoms with Crippen molar-refractivity contribution in [2.24, 2.45) is 5.10 Å². The summed E-state index contributed by atoms with van der Waals surface area (Å²) in [7, 11) is 3.18. The van der Waals surface area contributed by atoms with E-state index in [0.717, 1.165) is 16.8 Å². The van der Waals surface area contributed by atoms with Crippen molar-refractivity contribution in [2.75, 3.05) is 20.0 Å². The van der Waals surface area contributed by atoms with Crippen LogP contribution in [0.25, 0.3) is 23.2 Å². The molecule has 1 heterocycles. The lowest BCUT2D eigenvalue weighted by molar-refractivity contribution is -0.118. The molecule has 0 aliphatic rings. The van der Waals surface area contributed by atoms with Crippen LogP contribution in [0.4, 0.5) is 0 Å². The minimum absolute atomic E-state index is 0.122. The number of nitrogens with zero attached hydrogens (tertiary/aromatic N) is 4. The number of carbonyl (C=O) groups is 1. The van der Waals surface area contributed by atoms with Gasteiger partial charge in [0.1, 0.15) is 0 Å². The number of para-hydroxylation sites is 1. The van der Waals surface area contributed by atoms with Gasteiger partial charge in [-0.1, -0.05) is 66.4 Å². The van der Waals surface area contributed by atoms with Crippen molar-refractivity contribution in [1.82, 2.24) is 20.2 Å². The maximum atomic E-state index is 12.4. The summed E-state index contributed by atoms with van der Waals surface area (Å²) in [6.07, 6.45) is 5.21. The third-order valence-corrected chi connectivity index (χ3v) is 5.99. The predicted molar refractivity (Wildman–Crippen MR) is 143 cm³/mol. The van der Waals surface area contributed by atoms with Crippen LogP contribution in [-0.2, 0) is 4.79 Å². The van der Waals surface area contributed by atoms with E-state index in [4.69, 9.17) is 9.47 Å². The monoisotopic (exact) mass is 499 g/mol. The van der Waals surface area contributed by atoms with Crippen LogP contribution in [0.15, 0.2) is 95.2 Å². The van der Waals surface area contributed by atoms with Crippen LogP contribution >= 0.6 is 11.8 Å². The molecular weight excluding hydrogens is 474 g/mol. The summed E-state index contributed by atoms with van der Waals surface area (Å²) in [6.45, 7) is 0. The molecule has 1 amide bonds. The third kappa shape index (κ3) is 6.19. The molecule has 0 unspecified atom stereocenters. The molecule has 0 aliphatic heterocycles. The molecule has 1 N–H and O–H groups in total. The molecule has 9 heteroatoms. The zero-order chi connectivity index (χ0) is 25.2. The molecule has 0 fully saturated rings. The minimum Gasteiger partial charge on any atom is -0.493 e. The molecule has 4 aromatic rings. The quantitative estimate of drug-likeness (QED) is 0.190. The van der Waals surface area contributed by atoms with E-state index >= 15 is 0 Å². The SMILES string of the molecule is COc1ccc(-c2nnc(SCC(=O)N/N=C/C=C/c3ccccc3)n2-c2ccccc2)cc1OC. The van der Waals surface area contributed by atoms with Gasteiger partial charge < -0.3 is 9.47 Å². The number of benzene rings is 3. The fourth-order valence-electron chi connectivity index (χ4n) is 3.37. The fraction of sp³-hybridized carbons (Fsp3) is 0.111. The average molecular weight is 500 g/mol. The Labute approximate surface area is 213 Å². The average Bonchev–Trinajstić information content (AvgIpc) is 3.36. The molecule has 1 aromatic heterocycles. The summed E-state index contributed by atoms with van der Waals surface area (Å²) in [6, 6.07) is 25.1. The van der Waals surface area contributed by atoms with Gasteiger partial charge >= 0.3 is 0 Å². The van der Waals surface area contributed by atoms with Gasteiger partial charge in [-0.15, -0.1) is 10.2 Å². The van der Waals surface area contributed by atoms with Gasteiger partial charge in [-0.2, -0.15) is 5.10 Å². The Bertz CT molecular complexity index is 1350. The molecule has 8 nitrogen and oxygen atoms in total. The minimum atomic E-state index is -0.250. The van der Waals surface area contributed by atoms with E-state index < -0.39 is 0 Å². The Balaban J connectivity index is 1.48. The van der Waals surface area contributed by atoms with Crippen molar-refractivity contribution in [3.05, 3.63) is 90.5 Å². The summed E-state index contributed by atoms with van der Waals surface area (Å²) in [5, 5.41) is 13.3. The van der Waals surface area contributed by atoms with Crippen LogP contribution in [0, 0.1) is 0 Å². The fourth-order valence-corrected chi connectivity index (χ4v) is 4.11. The van der Waals surface area contributed by atoms with Crippen LogP contribution in [0.3, 0.4) is 0 Å². The number of carbonyl (C=O) groups excluding carboxylic acids is 1. The number of methoxy groups -OCH3 is 2. The van der Waals surface area contributed by atoms with Crippen LogP contribution in [0.2, 0.25) is 0 Å². The standard InChI is InChI=1S/C27H25N5O3S/c1-34-23-16-15-21(18-24(23)35-2)26-30-31-27(32(26)22-13-7-4-8-14-22)36-19-25(33)29-28-17-9-12-20-10-5-3-6-11-20/h3-18H,19H2,1-2H3,(H,29,33)/b12-9+,28-17+. The number of nitrogens with one attached hydrogen (secondary N) is 1. The number of hydrogen-bond donors (Lipinski definition) is 1. The number of hydrazone groups is 1. The number of ether oxygens (including phenoxy) is 2. The highest BCUT2D eigenvalue weighted by Gasteiger charge is 2.18. The van der Waals surface area contributed by atoms with Gasteiger partial charge in [0.2, 0.25) is 0 Å². The molecule has 0 spiro atoms. The second-order valence-electron chi connectivity index (χ2n) is 7.42. The summed E-state index contributed by atoms with van der Waals surface area (Å²) in [5.41, 5.74) is 5.26. The Kier molecular flexibility index (Phi) is 8.50. The normalized spacial score (nSPS) is 11.2. The van der Waals surface area contributed by atoms with E-state index in [-0.39, 0.29) is 11.7 Å². The van der Waals surface area contributed by atoms with Gasteiger partial charge in [0.05, 0.1) is 20.0 Å². The highest BCUT2D eigenvalue weighted by atomic mass is 32.2. The maximum absolute atomic E-state index is 12.4. The first-order valence-corrected chi connectivity index (χ1v) is 12.1. The summed E-state index contributed by atoms with van der Waals surface area (Å²) < 4.78 is 12.7. The lowest BCUT2D eigenvalue weighted by Gasteiger charge is -2.12. The van der Waals surface area contributed by atoms with Gasteiger partial charge in [0.15, 0.2) is 22.5 Å². The second-order valence-corrected chi connectivity index (χ2v) is 8.36. The zero-order valence-corrected chi connectivity index (χ0v) is 20.7. The molecule has 0 atom stereocenters. The van der Waals surface area contributed by atoms with Gasteiger partial charge in [0, 0.05) is 17.5 Å². The lowest BCUT2D eigenvalue weighted by atomic mass is 10.2. The summed E-state index contributed by atoms with van der Waals surface area (Å²) in [5.74, 6) is 1.70. The van der Waals surface area contributed by atoms with E-state index in [2.05, 4.69) is 20.7 Å². The van der Waals surface area contributed by atoms with Crippen LogP contribution in [-0.4, -0.2) is 46.9 Å². The van der Waals surface area contributed by atoms with Gasteiger partial charge in [0.25, 0.3) is 5.91 Å². The molecule has 36 heavy (non-hydrogen) atoms. The van der Waals surface area contributed by atoms with E-state index in [0.29, 0.717) is 22.5 Å². The first kappa shape index (κ1) is 24.7.